The fourth-order valence-corrected chi connectivity index (χ4v) is 4.12. The van der Waals surface area contributed by atoms with Crippen molar-refractivity contribution < 1.29 is 31.5 Å². The summed E-state index contributed by atoms with van der Waals surface area (Å²) in [5, 5.41) is 11.4. The first-order valence-electron chi connectivity index (χ1n) is 8.12. The number of sulfonamides is 1. The number of aliphatic hydroxyl groups excluding tert-OH is 1. The van der Waals surface area contributed by atoms with Crippen molar-refractivity contribution >= 4 is 27.3 Å². The van der Waals surface area contributed by atoms with Crippen LogP contribution in [0.4, 0.5) is 24.5 Å². The van der Waals surface area contributed by atoms with E-state index in [-0.39, 0.29) is 34.7 Å². The lowest BCUT2D eigenvalue weighted by molar-refractivity contribution is 0.0712. The third kappa shape index (κ3) is 4.11. The molecule has 0 spiro atoms. The van der Waals surface area contributed by atoms with Crippen LogP contribution >= 0.6 is 0 Å². The molecule has 0 bridgehead atoms. The van der Waals surface area contributed by atoms with Gasteiger partial charge in [0.15, 0.2) is 17.5 Å². The lowest BCUT2D eigenvalue weighted by Crippen LogP contribution is -2.46. The van der Waals surface area contributed by atoms with Crippen LogP contribution in [0, 0.1) is 17.5 Å². The Labute approximate surface area is 158 Å². The summed E-state index contributed by atoms with van der Waals surface area (Å²) in [7, 11) is -4.06. The summed E-state index contributed by atoms with van der Waals surface area (Å²) in [4.78, 5) is 12.0. The number of rotatable bonds is 5. The second kappa shape index (κ2) is 7.41. The quantitative estimate of drug-likeness (QED) is 0.438. The Kier molecular flexibility index (Phi) is 5.33. The fraction of sp³-hybridized carbons (Fsp3) is 0.235. The standard InChI is InChI=1S/C17H16F3N3O4S/c18-12-6-9(7-13(19)16(12)20)22-17(25)8-1-2-14(21)15(3-8)28(26,27)23-10-4-11(24)5-10/h1-3,6-7,10-11,23-24H,4-5,21H2,(H,22,25)/t10-,11-. The van der Waals surface area contributed by atoms with Gasteiger partial charge in [0.25, 0.3) is 5.91 Å². The van der Waals surface area contributed by atoms with E-state index in [9.17, 15) is 31.5 Å². The predicted octanol–water partition coefficient (Wildman–Crippen LogP) is 1.74. The van der Waals surface area contributed by atoms with Crippen molar-refractivity contribution in [3.8, 4) is 0 Å². The number of benzene rings is 2. The molecule has 11 heteroatoms. The van der Waals surface area contributed by atoms with Crippen LogP contribution in [0.15, 0.2) is 35.2 Å². The number of anilines is 2. The van der Waals surface area contributed by atoms with E-state index in [0.29, 0.717) is 12.1 Å². The van der Waals surface area contributed by atoms with Gasteiger partial charge in [-0.05, 0) is 31.0 Å². The van der Waals surface area contributed by atoms with Crippen LogP contribution in [-0.2, 0) is 10.0 Å². The molecule has 1 amide bonds. The van der Waals surface area contributed by atoms with Crippen molar-refractivity contribution in [3.05, 3.63) is 53.3 Å². The van der Waals surface area contributed by atoms with Crippen molar-refractivity contribution in [1.29, 1.82) is 0 Å². The minimum Gasteiger partial charge on any atom is -0.398 e. The molecule has 0 atom stereocenters. The number of carbonyl (C=O) groups is 1. The molecule has 7 nitrogen and oxygen atoms in total. The van der Waals surface area contributed by atoms with E-state index in [1.165, 1.54) is 12.1 Å². The van der Waals surface area contributed by atoms with E-state index >= 15 is 0 Å². The van der Waals surface area contributed by atoms with Gasteiger partial charge in [0.05, 0.1) is 11.8 Å². The molecule has 2 aromatic carbocycles. The topological polar surface area (TPSA) is 122 Å². The first-order chi connectivity index (χ1) is 13.1. The minimum atomic E-state index is -4.06. The largest absolute Gasteiger partial charge is 0.398 e. The Morgan fingerprint density at radius 3 is 2.29 bits per heavy atom. The number of amides is 1. The van der Waals surface area contributed by atoms with Gasteiger partial charge in [-0.15, -0.1) is 0 Å². The molecule has 3 rings (SSSR count). The lowest BCUT2D eigenvalue weighted by atomic mass is 9.91. The summed E-state index contributed by atoms with van der Waals surface area (Å²) >= 11 is 0. The number of nitrogens with one attached hydrogen (secondary N) is 2. The zero-order chi connectivity index (χ0) is 20.6. The molecule has 1 aliphatic rings. The molecule has 1 saturated carbocycles. The summed E-state index contributed by atoms with van der Waals surface area (Å²) in [5.74, 6) is -5.52. The van der Waals surface area contributed by atoms with E-state index in [1.54, 1.807) is 0 Å². The SMILES string of the molecule is Nc1ccc(C(=O)Nc2cc(F)c(F)c(F)c2)cc1S(=O)(=O)N[C@H]1C[C@H](O)C1. The zero-order valence-electron chi connectivity index (χ0n) is 14.2. The molecule has 2 aromatic rings. The van der Waals surface area contributed by atoms with Crippen LogP contribution in [0.5, 0.6) is 0 Å². The summed E-state index contributed by atoms with van der Waals surface area (Å²) in [5.41, 5.74) is 5.11. The highest BCUT2D eigenvalue weighted by Crippen LogP contribution is 2.26. The number of aliphatic hydroxyl groups is 1. The number of hydrogen-bond donors (Lipinski definition) is 4. The number of halogens is 3. The highest BCUT2D eigenvalue weighted by Gasteiger charge is 2.32. The summed E-state index contributed by atoms with van der Waals surface area (Å²) in [6.45, 7) is 0. The maximum atomic E-state index is 13.3. The van der Waals surface area contributed by atoms with Crippen molar-refractivity contribution in [2.75, 3.05) is 11.1 Å². The molecular weight excluding hydrogens is 399 g/mol. The van der Waals surface area contributed by atoms with Crippen LogP contribution in [0.1, 0.15) is 23.2 Å². The highest BCUT2D eigenvalue weighted by atomic mass is 32.2. The summed E-state index contributed by atoms with van der Waals surface area (Å²) < 4.78 is 66.9. The molecule has 0 aromatic heterocycles. The molecule has 1 aliphatic carbocycles. The molecule has 150 valence electrons. The molecule has 5 N–H and O–H groups in total. The van der Waals surface area contributed by atoms with E-state index in [4.69, 9.17) is 5.73 Å². The molecule has 0 radical (unpaired) electrons. The monoisotopic (exact) mass is 415 g/mol. The maximum Gasteiger partial charge on any atom is 0.255 e. The van der Waals surface area contributed by atoms with Gasteiger partial charge in [-0.25, -0.2) is 26.3 Å². The van der Waals surface area contributed by atoms with Crippen molar-refractivity contribution in [2.45, 2.75) is 29.9 Å². The first kappa shape index (κ1) is 20.1. The van der Waals surface area contributed by atoms with Crippen LogP contribution in [0.25, 0.3) is 0 Å². The molecule has 28 heavy (non-hydrogen) atoms. The van der Waals surface area contributed by atoms with Crippen LogP contribution in [0.3, 0.4) is 0 Å². The van der Waals surface area contributed by atoms with Gasteiger partial charge < -0.3 is 16.2 Å². The normalized spacial score (nSPS) is 19.1. The Morgan fingerprint density at radius 1 is 1.11 bits per heavy atom. The van der Waals surface area contributed by atoms with E-state index in [2.05, 4.69) is 10.0 Å². The Bertz CT molecular complexity index is 1020. The third-order valence-electron chi connectivity index (χ3n) is 4.24. The molecule has 0 heterocycles. The average molecular weight is 415 g/mol. The van der Waals surface area contributed by atoms with Crippen molar-refractivity contribution in [3.63, 3.8) is 0 Å². The molecule has 1 fully saturated rings. The lowest BCUT2D eigenvalue weighted by Gasteiger charge is -2.31. The van der Waals surface area contributed by atoms with E-state index in [1.807, 2.05) is 0 Å². The van der Waals surface area contributed by atoms with Gasteiger partial charge in [0.1, 0.15) is 4.90 Å². The Hall–Kier alpha value is -2.63. The fourth-order valence-electron chi connectivity index (χ4n) is 2.71. The van der Waals surface area contributed by atoms with Gasteiger partial charge in [-0.3, -0.25) is 4.79 Å². The Morgan fingerprint density at radius 2 is 1.71 bits per heavy atom. The van der Waals surface area contributed by atoms with Gasteiger partial charge in [0, 0.05) is 29.4 Å². The molecule has 0 aliphatic heterocycles. The van der Waals surface area contributed by atoms with Crippen molar-refractivity contribution in [2.24, 2.45) is 0 Å². The average Bonchev–Trinajstić information content (AvgIpc) is 2.58. The third-order valence-corrected chi connectivity index (χ3v) is 5.82. The predicted molar refractivity (Wildman–Crippen MR) is 94.5 cm³/mol. The van der Waals surface area contributed by atoms with Crippen LogP contribution in [-0.4, -0.2) is 31.6 Å². The Balaban J connectivity index is 1.83. The summed E-state index contributed by atoms with van der Waals surface area (Å²) in [6.07, 6.45) is -0.0409. The molecule has 0 unspecified atom stereocenters. The number of nitrogen functional groups attached to an aromatic ring is 1. The van der Waals surface area contributed by atoms with Gasteiger partial charge in [-0.2, -0.15) is 0 Å². The van der Waals surface area contributed by atoms with Crippen LogP contribution < -0.4 is 15.8 Å². The van der Waals surface area contributed by atoms with Gasteiger partial charge >= 0.3 is 0 Å². The number of nitrogens with two attached hydrogens (primary N) is 1. The van der Waals surface area contributed by atoms with Crippen LogP contribution in [0.2, 0.25) is 0 Å². The first-order valence-corrected chi connectivity index (χ1v) is 9.61. The second-order valence-corrected chi connectivity index (χ2v) is 8.09. The van der Waals surface area contributed by atoms with Gasteiger partial charge in [0.2, 0.25) is 10.0 Å². The summed E-state index contributed by atoms with van der Waals surface area (Å²) in [6, 6.07) is 4.18. The maximum absolute atomic E-state index is 13.3. The molecule has 0 saturated heterocycles. The zero-order valence-corrected chi connectivity index (χ0v) is 15.1. The second-order valence-electron chi connectivity index (χ2n) is 6.40. The van der Waals surface area contributed by atoms with E-state index < -0.39 is 45.5 Å². The minimum absolute atomic E-state index is 0.109. The van der Waals surface area contributed by atoms with Crippen molar-refractivity contribution in [1.82, 2.24) is 4.72 Å². The number of hydrogen-bond acceptors (Lipinski definition) is 5. The smallest absolute Gasteiger partial charge is 0.255 e. The number of carbonyl (C=O) groups excluding carboxylic acids is 1. The highest BCUT2D eigenvalue weighted by molar-refractivity contribution is 7.89. The van der Waals surface area contributed by atoms with E-state index in [0.717, 1.165) is 6.07 Å². The molecular formula is C17H16F3N3O4S. The van der Waals surface area contributed by atoms with Gasteiger partial charge in [-0.1, -0.05) is 0 Å².